The molecule has 1 N–H and O–H groups in total. The van der Waals surface area contributed by atoms with Crippen molar-refractivity contribution >= 4 is 21.6 Å². The molecule has 8 nitrogen and oxygen atoms in total. The van der Waals surface area contributed by atoms with Crippen LogP contribution in [0.3, 0.4) is 0 Å². The SMILES string of the molecule is COc1ccccc1S(=O)(=O)Nc1ccc(F)c(O[C@@H]2CN(C(=O)c3cc(C)ccc3C)C[C@H]2OC)c1. The molecule has 2 atom stereocenters. The molecular weight excluding hydrogens is 499 g/mol. The highest BCUT2D eigenvalue weighted by atomic mass is 32.2. The number of amides is 1. The van der Waals surface area contributed by atoms with Gasteiger partial charge in [-0.05, 0) is 49.7 Å². The van der Waals surface area contributed by atoms with Crippen molar-refractivity contribution in [1.82, 2.24) is 4.90 Å². The van der Waals surface area contributed by atoms with Crippen LogP contribution in [-0.4, -0.2) is 58.7 Å². The van der Waals surface area contributed by atoms with Crippen LogP contribution in [0.4, 0.5) is 10.1 Å². The monoisotopic (exact) mass is 528 g/mol. The number of hydrogen-bond acceptors (Lipinski definition) is 6. The Morgan fingerprint density at radius 3 is 2.43 bits per heavy atom. The van der Waals surface area contributed by atoms with Gasteiger partial charge >= 0.3 is 0 Å². The van der Waals surface area contributed by atoms with E-state index in [0.717, 1.165) is 17.2 Å². The molecule has 196 valence electrons. The molecule has 4 rings (SSSR count). The largest absolute Gasteiger partial charge is 0.495 e. The molecule has 0 saturated carbocycles. The number of rotatable bonds is 8. The number of ether oxygens (including phenoxy) is 3. The number of nitrogens with one attached hydrogen (secondary N) is 1. The number of methoxy groups -OCH3 is 2. The average Bonchev–Trinajstić information content (AvgIpc) is 3.29. The van der Waals surface area contributed by atoms with Gasteiger partial charge in [0.05, 0.1) is 25.9 Å². The molecule has 0 aliphatic carbocycles. The van der Waals surface area contributed by atoms with Crippen molar-refractivity contribution in [2.75, 3.05) is 32.0 Å². The lowest BCUT2D eigenvalue weighted by Gasteiger charge is -2.20. The normalized spacial score (nSPS) is 17.5. The quantitative estimate of drug-likeness (QED) is 0.472. The highest BCUT2D eigenvalue weighted by Gasteiger charge is 2.38. The van der Waals surface area contributed by atoms with Gasteiger partial charge in [-0.2, -0.15) is 0 Å². The summed E-state index contributed by atoms with van der Waals surface area (Å²) in [5.41, 5.74) is 2.53. The summed E-state index contributed by atoms with van der Waals surface area (Å²) in [5, 5.41) is 0. The first kappa shape index (κ1) is 26.4. The van der Waals surface area contributed by atoms with E-state index in [1.807, 2.05) is 32.0 Å². The molecule has 1 aliphatic rings. The molecule has 0 unspecified atom stereocenters. The summed E-state index contributed by atoms with van der Waals surface area (Å²) in [6, 6.07) is 15.5. The zero-order chi connectivity index (χ0) is 26.7. The van der Waals surface area contributed by atoms with Crippen LogP contribution < -0.4 is 14.2 Å². The van der Waals surface area contributed by atoms with Crippen LogP contribution in [0.5, 0.6) is 11.5 Å². The Balaban J connectivity index is 1.53. The summed E-state index contributed by atoms with van der Waals surface area (Å²) in [6.07, 6.45) is -1.16. The first-order valence-corrected chi connectivity index (χ1v) is 13.1. The number of likely N-dealkylation sites (tertiary alicyclic amines) is 1. The van der Waals surface area contributed by atoms with E-state index < -0.39 is 28.0 Å². The number of sulfonamides is 1. The lowest BCUT2D eigenvalue weighted by molar-refractivity contribution is 0.0323. The van der Waals surface area contributed by atoms with E-state index in [-0.39, 0.29) is 41.1 Å². The molecule has 0 aromatic heterocycles. The smallest absolute Gasteiger partial charge is 0.265 e. The maximum absolute atomic E-state index is 14.7. The number of hydrogen-bond donors (Lipinski definition) is 1. The second-order valence-electron chi connectivity index (χ2n) is 8.86. The standard InChI is InChI=1S/C27H29FN2O6S/c1-17-9-10-18(2)20(13-17)27(31)30-15-24(35-4)25(16-30)36-23-14-19(11-12-21(23)28)29-37(32,33)26-8-6-5-7-22(26)34-3/h5-14,24-25,29H,15-16H2,1-4H3/t24-,25-/m1/s1. The number of aryl methyl sites for hydroxylation is 2. The maximum Gasteiger partial charge on any atom is 0.265 e. The van der Waals surface area contributed by atoms with E-state index in [2.05, 4.69) is 4.72 Å². The van der Waals surface area contributed by atoms with Gasteiger partial charge in [0, 0.05) is 18.7 Å². The summed E-state index contributed by atoms with van der Waals surface area (Å²) < 4.78 is 59.6. The minimum atomic E-state index is -4.02. The van der Waals surface area contributed by atoms with Crippen LogP contribution in [0, 0.1) is 19.7 Å². The predicted octanol–water partition coefficient (Wildman–Crippen LogP) is 4.17. The molecule has 1 amide bonds. The second kappa shape index (κ2) is 10.8. The minimum absolute atomic E-state index is 0.0554. The molecule has 0 spiro atoms. The van der Waals surface area contributed by atoms with Crippen LogP contribution in [-0.2, 0) is 14.8 Å². The Hall–Kier alpha value is -3.63. The van der Waals surface area contributed by atoms with E-state index in [9.17, 15) is 17.6 Å². The number of anilines is 1. The zero-order valence-electron chi connectivity index (χ0n) is 21.0. The van der Waals surface area contributed by atoms with E-state index >= 15 is 0 Å². The molecule has 1 aliphatic heterocycles. The van der Waals surface area contributed by atoms with Gasteiger partial charge in [0.2, 0.25) is 0 Å². The Morgan fingerprint density at radius 2 is 1.70 bits per heavy atom. The zero-order valence-corrected chi connectivity index (χ0v) is 21.8. The lowest BCUT2D eigenvalue weighted by atomic mass is 10.0. The fourth-order valence-electron chi connectivity index (χ4n) is 4.26. The van der Waals surface area contributed by atoms with Gasteiger partial charge in [-0.1, -0.05) is 29.8 Å². The van der Waals surface area contributed by atoms with Crippen molar-refractivity contribution in [2.45, 2.75) is 31.0 Å². The molecule has 37 heavy (non-hydrogen) atoms. The lowest BCUT2D eigenvalue weighted by Crippen LogP contribution is -2.32. The predicted molar refractivity (Wildman–Crippen MR) is 137 cm³/mol. The number of carbonyl (C=O) groups is 1. The van der Waals surface area contributed by atoms with Crippen LogP contribution in [0.15, 0.2) is 65.6 Å². The maximum atomic E-state index is 14.7. The Morgan fingerprint density at radius 1 is 0.973 bits per heavy atom. The Labute approximate surface area is 216 Å². The van der Waals surface area contributed by atoms with Gasteiger partial charge < -0.3 is 19.1 Å². The highest BCUT2D eigenvalue weighted by molar-refractivity contribution is 7.92. The third kappa shape index (κ3) is 5.70. The fraction of sp³-hybridized carbons (Fsp3) is 0.296. The number of halogens is 1. The van der Waals surface area contributed by atoms with Crippen LogP contribution in [0.1, 0.15) is 21.5 Å². The van der Waals surface area contributed by atoms with Crippen LogP contribution >= 0.6 is 0 Å². The molecule has 0 radical (unpaired) electrons. The Kier molecular flexibility index (Phi) is 7.70. The molecule has 0 bridgehead atoms. The summed E-state index contributed by atoms with van der Waals surface area (Å²) >= 11 is 0. The van der Waals surface area contributed by atoms with Gasteiger partial charge in [-0.25, -0.2) is 12.8 Å². The summed E-state index contributed by atoms with van der Waals surface area (Å²) in [6.45, 7) is 4.25. The second-order valence-corrected chi connectivity index (χ2v) is 10.5. The molecule has 10 heteroatoms. The summed E-state index contributed by atoms with van der Waals surface area (Å²) in [5.74, 6) is -0.813. The van der Waals surface area contributed by atoms with Crippen molar-refractivity contribution < 1.29 is 31.8 Å². The third-order valence-corrected chi connectivity index (χ3v) is 7.67. The van der Waals surface area contributed by atoms with Gasteiger partial charge in [0.1, 0.15) is 22.9 Å². The van der Waals surface area contributed by atoms with E-state index in [1.54, 1.807) is 17.0 Å². The Bertz CT molecular complexity index is 1410. The molecule has 1 heterocycles. The van der Waals surface area contributed by atoms with Gasteiger partial charge in [0.25, 0.3) is 15.9 Å². The number of nitrogens with zero attached hydrogens (tertiary/aromatic N) is 1. The topological polar surface area (TPSA) is 94.2 Å². The first-order chi connectivity index (χ1) is 17.6. The molecule has 3 aromatic carbocycles. The first-order valence-electron chi connectivity index (χ1n) is 11.6. The van der Waals surface area contributed by atoms with E-state index in [0.29, 0.717) is 5.56 Å². The van der Waals surface area contributed by atoms with Crippen LogP contribution in [0.2, 0.25) is 0 Å². The average molecular weight is 529 g/mol. The highest BCUT2D eigenvalue weighted by Crippen LogP contribution is 2.30. The van der Waals surface area contributed by atoms with E-state index in [4.69, 9.17) is 14.2 Å². The van der Waals surface area contributed by atoms with Crippen molar-refractivity contribution in [2.24, 2.45) is 0 Å². The van der Waals surface area contributed by atoms with Crippen molar-refractivity contribution in [3.05, 3.63) is 83.2 Å². The van der Waals surface area contributed by atoms with Gasteiger partial charge in [0.15, 0.2) is 11.6 Å². The number of carbonyl (C=O) groups excluding carboxylic acids is 1. The summed E-state index contributed by atoms with van der Waals surface area (Å²) in [7, 11) is -1.14. The molecule has 1 fully saturated rings. The minimum Gasteiger partial charge on any atom is -0.495 e. The molecule has 1 saturated heterocycles. The van der Waals surface area contributed by atoms with E-state index in [1.165, 1.54) is 38.5 Å². The molecule has 3 aromatic rings. The van der Waals surface area contributed by atoms with Crippen molar-refractivity contribution in [3.8, 4) is 11.5 Å². The summed E-state index contributed by atoms with van der Waals surface area (Å²) in [4.78, 5) is 14.8. The van der Waals surface area contributed by atoms with Crippen molar-refractivity contribution in [3.63, 3.8) is 0 Å². The third-order valence-electron chi connectivity index (χ3n) is 6.25. The number of benzene rings is 3. The molecular formula is C27H29FN2O6S. The number of para-hydroxylation sites is 1. The fourth-order valence-corrected chi connectivity index (χ4v) is 5.48. The van der Waals surface area contributed by atoms with Crippen LogP contribution in [0.25, 0.3) is 0 Å². The van der Waals surface area contributed by atoms with Gasteiger partial charge in [-0.15, -0.1) is 0 Å². The van der Waals surface area contributed by atoms with Gasteiger partial charge in [-0.3, -0.25) is 9.52 Å². The van der Waals surface area contributed by atoms with Crippen molar-refractivity contribution in [1.29, 1.82) is 0 Å².